The fourth-order valence-electron chi connectivity index (χ4n) is 3.08. The van der Waals surface area contributed by atoms with Crippen LogP contribution in [-0.4, -0.2) is 53.9 Å². The van der Waals surface area contributed by atoms with Gasteiger partial charge in [0.25, 0.3) is 11.1 Å². The van der Waals surface area contributed by atoms with E-state index >= 15 is 0 Å². The maximum atomic E-state index is 12.7. The predicted molar refractivity (Wildman–Crippen MR) is 121 cm³/mol. The van der Waals surface area contributed by atoms with Crippen LogP contribution in [0.3, 0.4) is 0 Å². The number of anilines is 1. The van der Waals surface area contributed by atoms with E-state index in [1.54, 1.807) is 18.2 Å². The summed E-state index contributed by atoms with van der Waals surface area (Å²) < 4.78 is 16.5. The van der Waals surface area contributed by atoms with Crippen LogP contribution < -0.4 is 19.5 Å². The number of nitrogens with zero attached hydrogens (tertiary/aromatic N) is 1. The number of phenolic OH excluding ortho intramolecular Hbond substituents is 1. The normalized spacial score (nSPS) is 16.4. The lowest BCUT2D eigenvalue weighted by atomic mass is 10.2. The van der Waals surface area contributed by atoms with Gasteiger partial charge in [0.1, 0.15) is 19.8 Å². The first-order chi connectivity index (χ1) is 15.4. The van der Waals surface area contributed by atoms with Gasteiger partial charge in [-0.3, -0.25) is 19.3 Å². The van der Waals surface area contributed by atoms with Crippen LogP contribution in [0.2, 0.25) is 0 Å². The number of carbonyl (C=O) groups is 3. The summed E-state index contributed by atoms with van der Waals surface area (Å²) in [4.78, 5) is 38.6. The molecule has 1 fully saturated rings. The van der Waals surface area contributed by atoms with Crippen molar-refractivity contribution in [2.24, 2.45) is 0 Å². The zero-order valence-corrected chi connectivity index (χ0v) is 19.1. The lowest BCUT2D eigenvalue weighted by Crippen LogP contribution is -2.36. The first-order valence-electron chi connectivity index (χ1n) is 9.37. The summed E-state index contributed by atoms with van der Waals surface area (Å²) in [5.74, 6) is 0.132. The molecule has 0 saturated carbocycles. The maximum absolute atomic E-state index is 12.7. The Labute approximate surface area is 195 Å². The molecule has 4 rings (SSSR count). The largest absolute Gasteiger partial charge is 0.504 e. The van der Waals surface area contributed by atoms with Gasteiger partial charge in [0.2, 0.25) is 5.91 Å². The molecule has 2 aromatic carbocycles. The Kier molecular flexibility index (Phi) is 6.28. The molecule has 32 heavy (non-hydrogen) atoms. The zero-order valence-electron chi connectivity index (χ0n) is 16.7. The Bertz CT molecular complexity index is 1150. The quantitative estimate of drug-likeness (QED) is 0.574. The van der Waals surface area contributed by atoms with E-state index in [2.05, 4.69) is 21.2 Å². The number of nitrogens with one attached hydrogen (secondary N) is 1. The number of rotatable bonds is 5. The topological polar surface area (TPSA) is 114 Å². The second-order valence-electron chi connectivity index (χ2n) is 6.72. The molecule has 0 aliphatic carbocycles. The Balaban J connectivity index is 1.46. The second-order valence-corrected chi connectivity index (χ2v) is 8.57. The average Bonchev–Trinajstić information content (AvgIpc) is 3.02. The van der Waals surface area contributed by atoms with E-state index in [4.69, 9.17) is 14.2 Å². The number of amides is 3. The number of hydrogen-bond acceptors (Lipinski definition) is 8. The van der Waals surface area contributed by atoms with Crippen molar-refractivity contribution in [1.29, 1.82) is 0 Å². The van der Waals surface area contributed by atoms with Gasteiger partial charge in [0, 0.05) is 16.2 Å². The number of fused-ring (bicyclic) bond motifs is 1. The van der Waals surface area contributed by atoms with Gasteiger partial charge in [-0.25, -0.2) is 0 Å². The third-order valence-electron chi connectivity index (χ3n) is 4.59. The molecule has 0 aromatic heterocycles. The lowest BCUT2D eigenvalue weighted by Gasteiger charge is -2.19. The van der Waals surface area contributed by atoms with E-state index in [9.17, 15) is 19.5 Å². The number of benzene rings is 2. The third-order valence-corrected chi connectivity index (χ3v) is 6.18. The molecule has 2 N–H and O–H groups in total. The monoisotopic (exact) mass is 520 g/mol. The molecule has 9 nitrogen and oxygen atoms in total. The molecule has 0 atom stereocenters. The van der Waals surface area contributed by atoms with Crippen molar-refractivity contribution in [3.8, 4) is 23.0 Å². The minimum Gasteiger partial charge on any atom is -0.504 e. The van der Waals surface area contributed by atoms with Gasteiger partial charge in [-0.1, -0.05) is 15.9 Å². The van der Waals surface area contributed by atoms with E-state index in [0.717, 1.165) is 16.7 Å². The van der Waals surface area contributed by atoms with Crippen LogP contribution in [0.15, 0.2) is 39.7 Å². The van der Waals surface area contributed by atoms with E-state index < -0.39 is 23.6 Å². The minimum absolute atomic E-state index is 0.0690. The molecule has 0 radical (unpaired) electrons. The number of hydrogen-bond donors (Lipinski definition) is 2. The van der Waals surface area contributed by atoms with Gasteiger partial charge in [-0.2, -0.15) is 0 Å². The Morgan fingerprint density at radius 2 is 2.00 bits per heavy atom. The molecule has 2 aliphatic heterocycles. The Hall–Kier alpha value is -3.18. The molecule has 0 spiro atoms. The number of ether oxygens (including phenoxy) is 3. The molecule has 0 bridgehead atoms. The predicted octanol–water partition coefficient (Wildman–Crippen LogP) is 3.61. The molecule has 1 saturated heterocycles. The highest BCUT2D eigenvalue weighted by Gasteiger charge is 2.36. The molecule has 3 amide bonds. The SMILES string of the molecule is COc1cc(/C=C2\SC(=O)N(CC(=O)Nc3ccc4c(c3)OCCO4)C2=O)c(Br)cc1O. The number of halogens is 1. The van der Waals surface area contributed by atoms with Gasteiger partial charge in [0.05, 0.1) is 12.0 Å². The van der Waals surface area contributed by atoms with Crippen LogP contribution in [0.1, 0.15) is 5.56 Å². The van der Waals surface area contributed by atoms with Gasteiger partial charge >= 0.3 is 0 Å². The fourth-order valence-corrected chi connectivity index (χ4v) is 4.35. The Morgan fingerprint density at radius 1 is 1.25 bits per heavy atom. The summed E-state index contributed by atoms with van der Waals surface area (Å²) >= 11 is 4.04. The van der Waals surface area contributed by atoms with Crippen LogP contribution >= 0.6 is 27.7 Å². The highest BCUT2D eigenvalue weighted by atomic mass is 79.9. The number of thioether (sulfide) groups is 1. The Morgan fingerprint density at radius 3 is 2.75 bits per heavy atom. The van der Waals surface area contributed by atoms with E-state index in [1.807, 2.05) is 0 Å². The summed E-state index contributed by atoms with van der Waals surface area (Å²) in [5, 5.41) is 11.9. The molecule has 166 valence electrons. The van der Waals surface area contributed by atoms with Crippen molar-refractivity contribution in [3.63, 3.8) is 0 Å². The van der Waals surface area contributed by atoms with E-state index in [0.29, 0.717) is 40.4 Å². The summed E-state index contributed by atoms with van der Waals surface area (Å²) in [5.41, 5.74) is 0.993. The van der Waals surface area contributed by atoms with Crippen molar-refractivity contribution >= 4 is 56.5 Å². The number of imide groups is 1. The highest BCUT2D eigenvalue weighted by molar-refractivity contribution is 9.10. The molecule has 2 heterocycles. The smallest absolute Gasteiger partial charge is 0.294 e. The van der Waals surface area contributed by atoms with Gasteiger partial charge in [-0.15, -0.1) is 0 Å². The fraction of sp³-hybridized carbons (Fsp3) is 0.190. The lowest BCUT2D eigenvalue weighted by molar-refractivity contribution is -0.127. The third kappa shape index (κ3) is 4.53. The van der Waals surface area contributed by atoms with Crippen LogP contribution in [0, 0.1) is 0 Å². The van der Waals surface area contributed by atoms with Crippen molar-refractivity contribution in [2.45, 2.75) is 0 Å². The molecule has 0 unspecified atom stereocenters. The minimum atomic E-state index is -0.587. The molecule has 2 aromatic rings. The molecular formula is C21H17BrN2O7S. The van der Waals surface area contributed by atoms with Crippen LogP contribution in [0.4, 0.5) is 10.5 Å². The standard InChI is InChI=1S/C21H17BrN2O7S/c1-29-16-6-11(13(22)9-14(16)25)7-18-20(27)24(21(28)32-18)10-19(26)23-12-2-3-15-17(8-12)31-5-4-30-15/h2-3,6-9,25H,4-5,10H2,1H3,(H,23,26)/b18-7-. The molecule has 2 aliphatic rings. The maximum Gasteiger partial charge on any atom is 0.294 e. The zero-order chi connectivity index (χ0) is 22.8. The molecule has 11 heteroatoms. The first kappa shape index (κ1) is 22.0. The van der Waals surface area contributed by atoms with Crippen LogP contribution in [-0.2, 0) is 9.59 Å². The van der Waals surface area contributed by atoms with Gasteiger partial charge < -0.3 is 24.6 Å². The van der Waals surface area contributed by atoms with Crippen molar-refractivity contribution in [2.75, 3.05) is 32.2 Å². The average molecular weight is 521 g/mol. The van der Waals surface area contributed by atoms with Gasteiger partial charge in [0.15, 0.2) is 23.0 Å². The van der Waals surface area contributed by atoms with E-state index in [-0.39, 0.29) is 16.4 Å². The number of methoxy groups -OCH3 is 1. The number of aromatic hydroxyl groups is 1. The van der Waals surface area contributed by atoms with Gasteiger partial charge in [-0.05, 0) is 47.7 Å². The summed E-state index contributed by atoms with van der Waals surface area (Å²) in [6, 6.07) is 7.90. The van der Waals surface area contributed by atoms with Crippen molar-refractivity contribution in [1.82, 2.24) is 4.90 Å². The first-order valence-corrected chi connectivity index (χ1v) is 11.0. The number of carbonyl (C=O) groups excluding carboxylic acids is 3. The second kappa shape index (κ2) is 9.13. The highest BCUT2D eigenvalue weighted by Crippen LogP contribution is 2.37. The van der Waals surface area contributed by atoms with Crippen molar-refractivity contribution < 1.29 is 33.7 Å². The summed E-state index contributed by atoms with van der Waals surface area (Å²) in [7, 11) is 1.40. The van der Waals surface area contributed by atoms with Crippen LogP contribution in [0.25, 0.3) is 6.08 Å². The molecular weight excluding hydrogens is 504 g/mol. The number of phenols is 1. The summed E-state index contributed by atoms with van der Waals surface area (Å²) in [6.07, 6.45) is 1.50. The summed E-state index contributed by atoms with van der Waals surface area (Å²) in [6.45, 7) is 0.436. The van der Waals surface area contributed by atoms with Crippen LogP contribution in [0.5, 0.6) is 23.0 Å². The van der Waals surface area contributed by atoms with Crippen molar-refractivity contribution in [3.05, 3.63) is 45.3 Å². The van der Waals surface area contributed by atoms with E-state index in [1.165, 1.54) is 25.3 Å².